The molecule has 1 N–H and O–H groups in total. The average molecular weight is 253 g/mol. The summed E-state index contributed by atoms with van der Waals surface area (Å²) >= 11 is 0. The third kappa shape index (κ3) is 5.89. The molecule has 0 saturated carbocycles. The molecular weight excluding hydrogens is 233 g/mol. The Balaban J connectivity index is 2.34. The van der Waals surface area contributed by atoms with Crippen LogP contribution in [0.25, 0.3) is 0 Å². The second-order valence-electron chi connectivity index (χ2n) is 4.72. The van der Waals surface area contributed by atoms with Crippen LogP contribution in [0.5, 0.6) is 0 Å². The minimum Gasteiger partial charge on any atom is -0.393 e. The third-order valence-electron chi connectivity index (χ3n) is 2.69. The molecule has 3 nitrogen and oxygen atoms in total. The number of nitrogens with zero attached hydrogens (tertiary/aromatic N) is 1. The Bertz CT molecular complexity index is 376. The Labute approximate surface area is 107 Å². The van der Waals surface area contributed by atoms with E-state index < -0.39 is 0 Å². The lowest BCUT2D eigenvalue weighted by atomic mass is 10.1. The molecule has 0 bridgehead atoms. The van der Waals surface area contributed by atoms with Gasteiger partial charge >= 0.3 is 0 Å². The van der Waals surface area contributed by atoms with Crippen LogP contribution in [0.15, 0.2) is 24.3 Å². The molecule has 0 saturated heterocycles. The first kappa shape index (κ1) is 14.8. The molecule has 1 unspecified atom stereocenters. The van der Waals surface area contributed by atoms with Gasteiger partial charge in [0, 0.05) is 13.0 Å². The molecule has 1 aromatic rings. The molecule has 0 aromatic heterocycles. The van der Waals surface area contributed by atoms with E-state index in [4.69, 9.17) is 5.11 Å². The van der Waals surface area contributed by atoms with E-state index in [-0.39, 0.29) is 17.7 Å². The summed E-state index contributed by atoms with van der Waals surface area (Å²) in [5, 5.41) is 9.15. The number of aliphatic hydroxyl groups is 1. The number of aliphatic hydroxyl groups excluding tert-OH is 1. The fourth-order valence-electron chi connectivity index (χ4n) is 1.67. The molecule has 100 valence electrons. The first-order chi connectivity index (χ1) is 8.47. The first-order valence-corrected chi connectivity index (χ1v) is 6.10. The van der Waals surface area contributed by atoms with Crippen molar-refractivity contribution in [2.75, 3.05) is 20.1 Å². The summed E-state index contributed by atoms with van der Waals surface area (Å²) in [7, 11) is 1.85. The molecule has 0 aliphatic rings. The number of hydrogen-bond donors (Lipinski definition) is 1. The number of halogens is 1. The summed E-state index contributed by atoms with van der Waals surface area (Å²) in [5.41, 5.74) is 0.824. The van der Waals surface area contributed by atoms with Gasteiger partial charge in [-0.2, -0.15) is 0 Å². The van der Waals surface area contributed by atoms with Crippen molar-refractivity contribution in [1.29, 1.82) is 0 Å². The van der Waals surface area contributed by atoms with Gasteiger partial charge in [0.25, 0.3) is 0 Å². The van der Waals surface area contributed by atoms with Crippen LogP contribution in [-0.4, -0.2) is 42.0 Å². The van der Waals surface area contributed by atoms with Crippen LogP contribution < -0.4 is 0 Å². The van der Waals surface area contributed by atoms with E-state index in [1.165, 1.54) is 12.1 Å². The number of benzene rings is 1. The van der Waals surface area contributed by atoms with Gasteiger partial charge in [-0.05, 0) is 38.1 Å². The maximum atomic E-state index is 12.7. The predicted octanol–water partition coefficient (Wildman–Crippen LogP) is 1.64. The van der Waals surface area contributed by atoms with E-state index in [1.807, 2.05) is 11.9 Å². The molecule has 0 radical (unpaired) electrons. The quantitative estimate of drug-likeness (QED) is 0.803. The predicted molar refractivity (Wildman–Crippen MR) is 68.9 cm³/mol. The van der Waals surface area contributed by atoms with Gasteiger partial charge in [-0.1, -0.05) is 12.1 Å². The molecule has 0 aliphatic carbocycles. The third-order valence-corrected chi connectivity index (χ3v) is 2.69. The van der Waals surface area contributed by atoms with Crippen LogP contribution >= 0.6 is 0 Å². The number of likely N-dealkylation sites (N-methyl/N-ethyl adjacent to an activating group) is 1. The number of carbonyl (C=O) groups excluding carboxylic acids is 1. The number of hydrogen-bond acceptors (Lipinski definition) is 3. The van der Waals surface area contributed by atoms with Crippen LogP contribution in [0.2, 0.25) is 0 Å². The van der Waals surface area contributed by atoms with E-state index in [2.05, 4.69) is 0 Å². The molecular formula is C14H20FNO2. The minimum atomic E-state index is -0.348. The van der Waals surface area contributed by atoms with Gasteiger partial charge in [0.1, 0.15) is 5.82 Å². The summed E-state index contributed by atoms with van der Waals surface area (Å²) in [5.74, 6) is -0.199. The highest BCUT2D eigenvalue weighted by Gasteiger charge is 2.08. The van der Waals surface area contributed by atoms with Crippen molar-refractivity contribution in [3.05, 3.63) is 35.6 Å². The fourth-order valence-corrected chi connectivity index (χ4v) is 1.67. The van der Waals surface area contributed by atoms with E-state index >= 15 is 0 Å². The maximum Gasteiger partial charge on any atom is 0.151 e. The van der Waals surface area contributed by atoms with Crippen molar-refractivity contribution in [2.24, 2.45) is 0 Å². The van der Waals surface area contributed by atoms with Crippen molar-refractivity contribution < 1.29 is 14.3 Å². The van der Waals surface area contributed by atoms with E-state index in [9.17, 15) is 9.18 Å². The van der Waals surface area contributed by atoms with Crippen molar-refractivity contribution in [2.45, 2.75) is 25.9 Å². The summed E-state index contributed by atoms with van der Waals surface area (Å²) in [6.07, 6.45) is 0.624. The highest BCUT2D eigenvalue weighted by molar-refractivity contribution is 5.82. The van der Waals surface area contributed by atoms with E-state index in [0.29, 0.717) is 25.9 Å². The molecule has 0 fully saturated rings. The topological polar surface area (TPSA) is 40.5 Å². The summed E-state index contributed by atoms with van der Waals surface area (Å²) in [6, 6.07) is 5.98. The Morgan fingerprint density at radius 3 is 2.56 bits per heavy atom. The smallest absolute Gasteiger partial charge is 0.151 e. The Hall–Kier alpha value is -1.26. The molecule has 4 heteroatoms. The van der Waals surface area contributed by atoms with Gasteiger partial charge in [0.15, 0.2) is 5.78 Å². The standard InChI is InChI=1S/C14H20FNO2/c1-11(17)7-8-16(2)10-14(18)9-12-3-5-13(15)6-4-12/h3-6,11,17H,7-10H2,1-2H3. The summed E-state index contributed by atoms with van der Waals surface area (Å²) < 4.78 is 12.7. The Kier molecular flexibility index (Phi) is 5.95. The molecule has 1 aromatic carbocycles. The normalized spacial score (nSPS) is 12.7. The largest absolute Gasteiger partial charge is 0.393 e. The van der Waals surface area contributed by atoms with E-state index in [1.54, 1.807) is 19.1 Å². The zero-order valence-electron chi connectivity index (χ0n) is 10.9. The van der Waals surface area contributed by atoms with Gasteiger partial charge in [0.05, 0.1) is 12.6 Å². The zero-order valence-corrected chi connectivity index (χ0v) is 10.9. The molecule has 1 rings (SSSR count). The lowest BCUT2D eigenvalue weighted by Gasteiger charge is -2.16. The van der Waals surface area contributed by atoms with Gasteiger partial charge in [-0.15, -0.1) is 0 Å². The van der Waals surface area contributed by atoms with Crippen LogP contribution in [0, 0.1) is 5.82 Å². The maximum absolute atomic E-state index is 12.7. The second-order valence-corrected chi connectivity index (χ2v) is 4.72. The van der Waals surface area contributed by atoms with Gasteiger partial charge in [-0.3, -0.25) is 9.69 Å². The minimum absolute atomic E-state index is 0.0923. The van der Waals surface area contributed by atoms with Crippen molar-refractivity contribution in [1.82, 2.24) is 4.90 Å². The van der Waals surface area contributed by atoms with Gasteiger partial charge in [0.2, 0.25) is 0 Å². The summed E-state index contributed by atoms with van der Waals surface area (Å²) in [4.78, 5) is 13.6. The number of ketones is 1. The molecule has 18 heavy (non-hydrogen) atoms. The van der Waals surface area contributed by atoms with Crippen molar-refractivity contribution >= 4 is 5.78 Å². The van der Waals surface area contributed by atoms with Gasteiger partial charge < -0.3 is 5.11 Å². The Morgan fingerprint density at radius 2 is 2.00 bits per heavy atom. The second kappa shape index (κ2) is 7.24. The van der Waals surface area contributed by atoms with Crippen LogP contribution in [0.4, 0.5) is 4.39 Å². The SMILES string of the molecule is CC(O)CCN(C)CC(=O)Cc1ccc(F)cc1. The average Bonchev–Trinajstić information content (AvgIpc) is 2.29. The highest BCUT2D eigenvalue weighted by Crippen LogP contribution is 2.04. The number of Topliss-reactive ketones (excluding diaryl/α,β-unsaturated/α-hetero) is 1. The monoisotopic (exact) mass is 253 g/mol. The summed E-state index contributed by atoms with van der Waals surface area (Å²) in [6.45, 7) is 2.77. The lowest BCUT2D eigenvalue weighted by Crippen LogP contribution is -2.29. The molecule has 0 amide bonds. The zero-order chi connectivity index (χ0) is 13.5. The molecule has 1 atom stereocenters. The molecule has 0 aliphatic heterocycles. The van der Waals surface area contributed by atoms with Crippen LogP contribution in [0.3, 0.4) is 0 Å². The van der Waals surface area contributed by atoms with E-state index in [0.717, 1.165) is 5.56 Å². The van der Waals surface area contributed by atoms with Crippen molar-refractivity contribution in [3.8, 4) is 0 Å². The van der Waals surface area contributed by atoms with Crippen LogP contribution in [0.1, 0.15) is 18.9 Å². The van der Waals surface area contributed by atoms with Gasteiger partial charge in [-0.25, -0.2) is 4.39 Å². The fraction of sp³-hybridized carbons (Fsp3) is 0.500. The van der Waals surface area contributed by atoms with Crippen molar-refractivity contribution in [3.63, 3.8) is 0 Å². The number of carbonyl (C=O) groups is 1. The Morgan fingerprint density at radius 1 is 1.39 bits per heavy atom. The van der Waals surface area contributed by atoms with Crippen LogP contribution in [-0.2, 0) is 11.2 Å². The molecule has 0 heterocycles. The number of rotatable bonds is 7. The first-order valence-electron chi connectivity index (χ1n) is 6.10. The lowest BCUT2D eigenvalue weighted by molar-refractivity contribution is -0.119. The highest BCUT2D eigenvalue weighted by atomic mass is 19.1. The molecule has 0 spiro atoms.